The van der Waals surface area contributed by atoms with E-state index in [1.54, 1.807) is 7.11 Å². The third-order valence-corrected chi connectivity index (χ3v) is 3.72. The minimum Gasteiger partial charge on any atom is -0.495 e. The van der Waals surface area contributed by atoms with Crippen molar-refractivity contribution in [1.29, 1.82) is 0 Å². The van der Waals surface area contributed by atoms with E-state index in [4.69, 9.17) is 27.9 Å². The Morgan fingerprint density at radius 2 is 1.61 bits per heavy atom. The van der Waals surface area contributed by atoms with E-state index < -0.39 is 0 Å². The molecule has 0 aliphatic heterocycles. The van der Waals surface area contributed by atoms with Gasteiger partial charge in [-0.2, -0.15) is 0 Å². The van der Waals surface area contributed by atoms with Crippen molar-refractivity contribution in [2.45, 2.75) is 0 Å². The topological polar surface area (TPSA) is 9.23 Å². The Kier molecular flexibility index (Phi) is 2.81. The van der Waals surface area contributed by atoms with Crippen molar-refractivity contribution < 1.29 is 4.74 Å². The number of halogens is 2. The van der Waals surface area contributed by atoms with Crippen LogP contribution in [-0.4, -0.2) is 7.11 Å². The Hall–Kier alpha value is -1.44. The molecule has 3 aromatic carbocycles. The first-order valence-electron chi connectivity index (χ1n) is 5.56. The van der Waals surface area contributed by atoms with Gasteiger partial charge in [-0.3, -0.25) is 0 Å². The molecule has 3 heteroatoms. The van der Waals surface area contributed by atoms with Crippen molar-refractivity contribution in [2.75, 3.05) is 7.11 Å². The maximum atomic E-state index is 6.27. The van der Waals surface area contributed by atoms with Crippen molar-refractivity contribution in [1.82, 2.24) is 0 Å². The molecule has 0 saturated carbocycles. The maximum absolute atomic E-state index is 6.27. The highest BCUT2D eigenvalue weighted by Gasteiger charge is 2.12. The summed E-state index contributed by atoms with van der Waals surface area (Å²) in [5.74, 6) is 0.774. The molecule has 0 aromatic heterocycles. The molecule has 0 amide bonds. The summed E-state index contributed by atoms with van der Waals surface area (Å²) in [5.41, 5.74) is 0. The Bertz CT molecular complexity index is 750. The van der Waals surface area contributed by atoms with Gasteiger partial charge in [-0.1, -0.05) is 47.5 Å². The van der Waals surface area contributed by atoms with Crippen molar-refractivity contribution >= 4 is 44.7 Å². The summed E-state index contributed by atoms with van der Waals surface area (Å²) in [5, 5.41) is 5.31. The molecule has 0 aliphatic rings. The number of rotatable bonds is 1. The lowest BCUT2D eigenvalue weighted by Crippen LogP contribution is -1.89. The van der Waals surface area contributed by atoms with Crippen LogP contribution in [0.15, 0.2) is 42.5 Å². The Labute approximate surface area is 115 Å². The molecule has 0 bridgehead atoms. The van der Waals surface area contributed by atoms with Gasteiger partial charge in [0.1, 0.15) is 5.75 Å². The van der Waals surface area contributed by atoms with E-state index in [1.165, 1.54) is 0 Å². The average molecular weight is 277 g/mol. The van der Waals surface area contributed by atoms with E-state index >= 15 is 0 Å². The highest BCUT2D eigenvalue weighted by Crippen LogP contribution is 2.40. The molecular weight excluding hydrogens is 267 g/mol. The quantitative estimate of drug-likeness (QED) is 0.548. The molecule has 0 radical (unpaired) electrons. The van der Waals surface area contributed by atoms with Gasteiger partial charge < -0.3 is 4.74 Å². The zero-order chi connectivity index (χ0) is 12.7. The highest BCUT2D eigenvalue weighted by atomic mass is 35.5. The maximum Gasteiger partial charge on any atom is 0.136 e. The molecule has 3 aromatic rings. The van der Waals surface area contributed by atoms with Crippen molar-refractivity contribution in [3.05, 3.63) is 52.5 Å². The zero-order valence-electron chi connectivity index (χ0n) is 9.71. The van der Waals surface area contributed by atoms with Crippen LogP contribution in [0.4, 0.5) is 0 Å². The lowest BCUT2D eigenvalue weighted by atomic mass is 10.0. The van der Waals surface area contributed by atoms with Gasteiger partial charge in [-0.05, 0) is 23.6 Å². The summed E-state index contributed by atoms with van der Waals surface area (Å²) in [7, 11) is 1.65. The normalized spacial score (nSPS) is 11.1. The number of methoxy groups -OCH3 is 1. The Morgan fingerprint density at radius 3 is 2.39 bits per heavy atom. The van der Waals surface area contributed by atoms with E-state index in [0.717, 1.165) is 27.3 Å². The number of ether oxygens (including phenoxy) is 1. The fraction of sp³-hybridized carbons (Fsp3) is 0.0667. The van der Waals surface area contributed by atoms with Gasteiger partial charge in [0.05, 0.1) is 12.1 Å². The van der Waals surface area contributed by atoms with Crippen LogP contribution in [0.3, 0.4) is 0 Å². The van der Waals surface area contributed by atoms with Crippen molar-refractivity contribution in [3.8, 4) is 5.75 Å². The second-order valence-electron chi connectivity index (χ2n) is 4.08. The second kappa shape index (κ2) is 4.34. The number of hydrogen-bond donors (Lipinski definition) is 0. The first-order valence-corrected chi connectivity index (χ1v) is 6.31. The van der Waals surface area contributed by atoms with Crippen molar-refractivity contribution in [3.63, 3.8) is 0 Å². The summed E-state index contributed by atoms with van der Waals surface area (Å²) in [6, 6.07) is 13.6. The monoisotopic (exact) mass is 276 g/mol. The van der Waals surface area contributed by atoms with Gasteiger partial charge in [0, 0.05) is 21.2 Å². The molecular formula is C15H10Cl2O. The smallest absolute Gasteiger partial charge is 0.136 e. The lowest BCUT2D eigenvalue weighted by molar-refractivity contribution is 0.424. The molecule has 0 unspecified atom stereocenters. The predicted molar refractivity (Wildman–Crippen MR) is 78.0 cm³/mol. The van der Waals surface area contributed by atoms with E-state index in [-0.39, 0.29) is 0 Å². The molecule has 0 heterocycles. The molecule has 0 spiro atoms. The summed E-state index contributed by atoms with van der Waals surface area (Å²) in [4.78, 5) is 0. The fourth-order valence-corrected chi connectivity index (χ4v) is 2.78. The summed E-state index contributed by atoms with van der Waals surface area (Å²) >= 11 is 12.5. The van der Waals surface area contributed by atoms with Crippen LogP contribution in [0, 0.1) is 0 Å². The van der Waals surface area contributed by atoms with Crippen LogP contribution >= 0.6 is 23.2 Å². The molecule has 0 fully saturated rings. The number of benzene rings is 3. The lowest BCUT2D eigenvalue weighted by Gasteiger charge is -2.12. The minimum atomic E-state index is 0.686. The van der Waals surface area contributed by atoms with E-state index in [9.17, 15) is 0 Å². The average Bonchev–Trinajstić information content (AvgIpc) is 2.38. The third-order valence-electron chi connectivity index (χ3n) is 3.07. The largest absolute Gasteiger partial charge is 0.495 e. The molecule has 0 N–H and O–H groups in total. The highest BCUT2D eigenvalue weighted by molar-refractivity contribution is 6.39. The molecule has 3 rings (SSSR count). The van der Waals surface area contributed by atoms with E-state index in [2.05, 4.69) is 0 Å². The number of fused-ring (bicyclic) bond motifs is 2. The summed E-state index contributed by atoms with van der Waals surface area (Å²) < 4.78 is 5.53. The molecule has 0 aliphatic carbocycles. The van der Waals surface area contributed by atoms with Crippen LogP contribution in [0.25, 0.3) is 21.5 Å². The molecule has 18 heavy (non-hydrogen) atoms. The second-order valence-corrected chi connectivity index (χ2v) is 4.90. The molecule has 0 saturated heterocycles. The first kappa shape index (κ1) is 11.6. The standard InChI is InChI=1S/C15H10Cl2O/c1-18-15-10-5-3-6-12(16)11(10)8-9-4-2-7-13(17)14(9)15/h2-8H,1H3. The molecule has 90 valence electrons. The van der Waals surface area contributed by atoms with Crippen LogP contribution in [-0.2, 0) is 0 Å². The van der Waals surface area contributed by atoms with Crippen LogP contribution in [0.1, 0.15) is 0 Å². The third kappa shape index (κ3) is 1.63. The SMILES string of the molecule is COc1c2cccc(Cl)c2cc2cccc(Cl)c12. The predicted octanol–water partition coefficient (Wildman–Crippen LogP) is 5.31. The molecule has 1 nitrogen and oxygen atoms in total. The van der Waals surface area contributed by atoms with Gasteiger partial charge in [0.25, 0.3) is 0 Å². The Morgan fingerprint density at radius 1 is 0.889 bits per heavy atom. The van der Waals surface area contributed by atoms with Crippen LogP contribution in [0.5, 0.6) is 5.75 Å². The van der Waals surface area contributed by atoms with Crippen molar-refractivity contribution in [2.24, 2.45) is 0 Å². The minimum absolute atomic E-state index is 0.686. The van der Waals surface area contributed by atoms with Gasteiger partial charge in [0.15, 0.2) is 0 Å². The fourth-order valence-electron chi connectivity index (χ4n) is 2.28. The van der Waals surface area contributed by atoms with Crippen LogP contribution in [0.2, 0.25) is 10.0 Å². The van der Waals surface area contributed by atoms with E-state index in [1.807, 2.05) is 42.5 Å². The van der Waals surface area contributed by atoms with Crippen LogP contribution < -0.4 is 4.74 Å². The van der Waals surface area contributed by atoms with E-state index in [0.29, 0.717) is 10.0 Å². The zero-order valence-corrected chi connectivity index (χ0v) is 11.2. The number of hydrogen-bond acceptors (Lipinski definition) is 1. The van der Waals surface area contributed by atoms with Gasteiger partial charge in [-0.25, -0.2) is 0 Å². The van der Waals surface area contributed by atoms with Gasteiger partial charge >= 0.3 is 0 Å². The van der Waals surface area contributed by atoms with Gasteiger partial charge in [-0.15, -0.1) is 0 Å². The first-order chi connectivity index (χ1) is 8.72. The summed E-state index contributed by atoms with van der Waals surface area (Å²) in [6.45, 7) is 0. The summed E-state index contributed by atoms with van der Waals surface area (Å²) in [6.07, 6.45) is 0. The Balaban J connectivity index is 2.61. The molecule has 0 atom stereocenters. The van der Waals surface area contributed by atoms with Gasteiger partial charge in [0.2, 0.25) is 0 Å².